The van der Waals surface area contributed by atoms with E-state index in [0.29, 0.717) is 11.4 Å². The molecule has 0 bridgehead atoms. The number of ether oxygens (including phenoxy) is 1. The van der Waals surface area contributed by atoms with E-state index in [2.05, 4.69) is 5.32 Å². The molecule has 34 heavy (non-hydrogen) atoms. The Bertz CT molecular complexity index is 1340. The molecule has 174 valence electrons. The normalized spacial score (nSPS) is 14.6. The first kappa shape index (κ1) is 22.8. The molecule has 3 amide bonds. The minimum Gasteiger partial charge on any atom is -0.494 e. The summed E-state index contributed by atoms with van der Waals surface area (Å²) < 4.78 is 7.28. The van der Waals surface area contributed by atoms with Crippen LogP contribution in [0, 0.1) is 30.9 Å². The van der Waals surface area contributed by atoms with Gasteiger partial charge in [-0.2, -0.15) is 0 Å². The van der Waals surface area contributed by atoms with E-state index in [9.17, 15) is 19.7 Å². The van der Waals surface area contributed by atoms with Gasteiger partial charge in [-0.1, -0.05) is 29.8 Å². The molecule has 0 atom stereocenters. The van der Waals surface area contributed by atoms with Crippen molar-refractivity contribution in [1.82, 2.24) is 14.8 Å². The van der Waals surface area contributed by atoms with Gasteiger partial charge in [0.1, 0.15) is 11.4 Å². The van der Waals surface area contributed by atoms with Gasteiger partial charge < -0.3 is 14.6 Å². The number of non-ortho nitro benzene ring substituents is 1. The van der Waals surface area contributed by atoms with Crippen molar-refractivity contribution in [3.05, 3.63) is 92.4 Å². The van der Waals surface area contributed by atoms with E-state index in [1.54, 1.807) is 12.1 Å². The SMILES string of the molecule is COc1cc([N+](=O)[O-])ccc1-n1c(C)cc(/C=C2/NC(=O)N(Cc3ccc(C)cc3)C2=O)c1C. The van der Waals surface area contributed by atoms with Crippen LogP contribution in [-0.4, -0.2) is 33.4 Å². The van der Waals surface area contributed by atoms with Gasteiger partial charge in [0.25, 0.3) is 11.6 Å². The van der Waals surface area contributed by atoms with Gasteiger partial charge in [-0.15, -0.1) is 0 Å². The summed E-state index contributed by atoms with van der Waals surface area (Å²) in [7, 11) is 1.45. The second kappa shape index (κ2) is 8.86. The van der Waals surface area contributed by atoms with E-state index in [1.165, 1.54) is 24.1 Å². The van der Waals surface area contributed by atoms with Gasteiger partial charge in [0.15, 0.2) is 0 Å². The zero-order chi connectivity index (χ0) is 24.6. The lowest BCUT2D eigenvalue weighted by atomic mass is 10.1. The van der Waals surface area contributed by atoms with Gasteiger partial charge in [0, 0.05) is 17.5 Å². The van der Waals surface area contributed by atoms with E-state index in [0.717, 1.165) is 28.1 Å². The molecule has 1 saturated heterocycles. The summed E-state index contributed by atoms with van der Waals surface area (Å²) in [6.07, 6.45) is 1.64. The van der Waals surface area contributed by atoms with Crippen LogP contribution < -0.4 is 10.1 Å². The first-order valence-corrected chi connectivity index (χ1v) is 10.6. The van der Waals surface area contributed by atoms with Crippen LogP contribution in [0.4, 0.5) is 10.5 Å². The predicted molar refractivity (Wildman–Crippen MR) is 127 cm³/mol. The van der Waals surface area contributed by atoms with Gasteiger partial charge in [0.2, 0.25) is 0 Å². The lowest BCUT2D eigenvalue weighted by Gasteiger charge is -2.14. The summed E-state index contributed by atoms with van der Waals surface area (Å²) in [6, 6.07) is 13.5. The quantitative estimate of drug-likeness (QED) is 0.254. The molecule has 9 nitrogen and oxygen atoms in total. The molecule has 1 aromatic heterocycles. The molecule has 0 radical (unpaired) electrons. The van der Waals surface area contributed by atoms with E-state index in [-0.39, 0.29) is 17.9 Å². The van der Waals surface area contributed by atoms with Crippen molar-refractivity contribution in [1.29, 1.82) is 0 Å². The topological polar surface area (TPSA) is 107 Å². The molecule has 4 rings (SSSR count). The van der Waals surface area contributed by atoms with Crippen LogP contribution in [0.15, 0.2) is 54.2 Å². The molecule has 2 aromatic carbocycles. The number of imide groups is 1. The Balaban J connectivity index is 1.65. The number of benzene rings is 2. The summed E-state index contributed by atoms with van der Waals surface area (Å²) in [5.41, 5.74) is 5.07. The molecule has 1 aliphatic heterocycles. The van der Waals surface area contributed by atoms with Crippen LogP contribution >= 0.6 is 0 Å². The molecule has 9 heteroatoms. The number of methoxy groups -OCH3 is 1. The van der Waals surface area contributed by atoms with E-state index in [1.807, 2.05) is 55.7 Å². The Hall–Kier alpha value is -4.40. The molecule has 1 N–H and O–H groups in total. The highest BCUT2D eigenvalue weighted by atomic mass is 16.6. The van der Waals surface area contributed by atoms with Crippen LogP contribution in [0.3, 0.4) is 0 Å². The Morgan fingerprint density at radius 2 is 1.76 bits per heavy atom. The first-order chi connectivity index (χ1) is 16.2. The third kappa shape index (κ3) is 4.15. The van der Waals surface area contributed by atoms with Crippen LogP contribution in [0.2, 0.25) is 0 Å². The molecule has 1 fully saturated rings. The largest absolute Gasteiger partial charge is 0.494 e. The molecule has 0 spiro atoms. The maximum Gasteiger partial charge on any atom is 0.329 e. The number of nitrogens with zero attached hydrogens (tertiary/aromatic N) is 3. The minimum absolute atomic E-state index is 0.0710. The number of nitrogens with one attached hydrogen (secondary N) is 1. The Labute approximate surface area is 196 Å². The number of urea groups is 1. The molecule has 1 aliphatic rings. The van der Waals surface area contributed by atoms with E-state index in [4.69, 9.17) is 4.74 Å². The molecule has 0 saturated carbocycles. The van der Waals surface area contributed by atoms with Gasteiger partial charge >= 0.3 is 6.03 Å². The third-order valence-corrected chi connectivity index (χ3v) is 5.81. The summed E-state index contributed by atoms with van der Waals surface area (Å²) in [6.45, 7) is 5.91. The van der Waals surface area contributed by atoms with E-state index >= 15 is 0 Å². The smallest absolute Gasteiger partial charge is 0.329 e. The van der Waals surface area contributed by atoms with Crippen LogP contribution in [-0.2, 0) is 11.3 Å². The second-order valence-corrected chi connectivity index (χ2v) is 8.14. The van der Waals surface area contributed by atoms with Gasteiger partial charge in [-0.3, -0.25) is 19.8 Å². The number of amides is 3. The number of carbonyl (C=O) groups excluding carboxylic acids is 2. The first-order valence-electron chi connectivity index (χ1n) is 10.6. The van der Waals surface area contributed by atoms with Gasteiger partial charge in [-0.05, 0) is 50.1 Å². The number of aromatic nitrogens is 1. The monoisotopic (exact) mass is 460 g/mol. The Kier molecular flexibility index (Phi) is 5.93. The van der Waals surface area contributed by atoms with Crippen LogP contribution in [0.1, 0.15) is 28.1 Å². The third-order valence-electron chi connectivity index (χ3n) is 5.81. The minimum atomic E-state index is -0.478. The molecular weight excluding hydrogens is 436 g/mol. The van der Waals surface area contributed by atoms with Crippen molar-refractivity contribution in [2.24, 2.45) is 0 Å². The molecular formula is C25H24N4O5. The molecule has 2 heterocycles. The highest BCUT2D eigenvalue weighted by Gasteiger charge is 2.33. The van der Waals surface area contributed by atoms with E-state index < -0.39 is 16.9 Å². The van der Waals surface area contributed by atoms with Crippen molar-refractivity contribution in [2.45, 2.75) is 27.3 Å². The molecule has 0 unspecified atom stereocenters. The number of aryl methyl sites for hydroxylation is 2. The molecule has 0 aliphatic carbocycles. The molecule has 3 aromatic rings. The van der Waals surface area contributed by atoms with Crippen molar-refractivity contribution < 1.29 is 19.2 Å². The highest BCUT2D eigenvalue weighted by Crippen LogP contribution is 2.32. The number of nitro benzene ring substituents is 1. The number of hydrogen-bond acceptors (Lipinski definition) is 5. The Morgan fingerprint density at radius 3 is 2.41 bits per heavy atom. The van der Waals surface area contributed by atoms with Gasteiger partial charge in [-0.25, -0.2) is 4.79 Å². The van der Waals surface area contributed by atoms with Crippen molar-refractivity contribution >= 4 is 23.7 Å². The summed E-state index contributed by atoms with van der Waals surface area (Å²) >= 11 is 0. The lowest BCUT2D eigenvalue weighted by molar-refractivity contribution is -0.384. The number of nitro groups is 1. The maximum atomic E-state index is 13.0. The summed E-state index contributed by atoms with van der Waals surface area (Å²) in [5, 5.41) is 13.8. The fourth-order valence-corrected chi connectivity index (χ4v) is 4.02. The van der Waals surface area contributed by atoms with Crippen LogP contribution in [0.25, 0.3) is 11.8 Å². The Morgan fingerprint density at radius 1 is 1.06 bits per heavy atom. The standard InChI is InChI=1S/C25H24N4O5/c1-15-5-7-18(8-6-15)14-27-24(30)21(26-25(27)31)12-19-11-16(2)28(17(19)3)22-10-9-20(29(32)33)13-23(22)34-4/h5-13H,14H2,1-4H3,(H,26,31)/b21-12+. The van der Waals surface area contributed by atoms with Crippen LogP contribution in [0.5, 0.6) is 5.75 Å². The highest BCUT2D eigenvalue weighted by molar-refractivity contribution is 6.14. The van der Waals surface area contributed by atoms with Gasteiger partial charge in [0.05, 0.1) is 30.3 Å². The van der Waals surface area contributed by atoms with Crippen molar-refractivity contribution in [3.63, 3.8) is 0 Å². The average molecular weight is 460 g/mol. The summed E-state index contributed by atoms with van der Waals surface area (Å²) in [4.78, 5) is 37.3. The number of rotatable bonds is 6. The second-order valence-electron chi connectivity index (χ2n) is 8.14. The fourth-order valence-electron chi connectivity index (χ4n) is 4.02. The average Bonchev–Trinajstić information content (AvgIpc) is 3.23. The maximum absolute atomic E-state index is 13.0. The zero-order valence-corrected chi connectivity index (χ0v) is 19.3. The lowest BCUT2D eigenvalue weighted by Crippen LogP contribution is -2.30. The summed E-state index contributed by atoms with van der Waals surface area (Å²) in [5.74, 6) is -0.0481. The number of carbonyl (C=O) groups is 2. The van der Waals surface area contributed by atoms with Crippen molar-refractivity contribution in [3.8, 4) is 11.4 Å². The predicted octanol–water partition coefficient (Wildman–Crippen LogP) is 4.41. The zero-order valence-electron chi connectivity index (χ0n) is 19.3. The fraction of sp³-hybridized carbons (Fsp3) is 0.200. The number of hydrogen-bond donors (Lipinski definition) is 1. The van der Waals surface area contributed by atoms with Crippen molar-refractivity contribution in [2.75, 3.05) is 7.11 Å².